The molecule has 372 valence electrons. The highest BCUT2D eigenvalue weighted by Crippen LogP contribution is 2.47. The number of carbonyl (C=O) groups is 2. The third-order valence-corrected chi connectivity index (χ3v) is 15.2. The quantitative estimate of drug-likeness (QED) is 0.161. The second-order valence-corrected chi connectivity index (χ2v) is 22.1. The van der Waals surface area contributed by atoms with Gasteiger partial charge in [-0.1, -0.05) is 88.7 Å². The van der Waals surface area contributed by atoms with E-state index in [2.05, 4.69) is 30.5 Å². The van der Waals surface area contributed by atoms with Crippen LogP contribution in [0.4, 0.5) is 0 Å². The number of hydrogen-bond donors (Lipinski definition) is 4. The van der Waals surface area contributed by atoms with Crippen LogP contribution in [0, 0.1) is 23.2 Å². The monoisotopic (exact) mass is 952 g/mol. The van der Waals surface area contributed by atoms with Crippen LogP contribution in [0.3, 0.4) is 0 Å². The zero-order valence-electron chi connectivity index (χ0n) is 42.0. The van der Waals surface area contributed by atoms with Gasteiger partial charge in [-0.25, -0.2) is 0 Å². The maximum absolute atomic E-state index is 14.8. The van der Waals surface area contributed by atoms with Crippen LogP contribution in [-0.4, -0.2) is 141 Å². The summed E-state index contributed by atoms with van der Waals surface area (Å²) >= 11 is 6.41. The summed E-state index contributed by atoms with van der Waals surface area (Å²) in [5.41, 5.74) is 2.53. The largest absolute Gasteiger partial charge is 0.459 e. The van der Waals surface area contributed by atoms with Gasteiger partial charge in [0.25, 0.3) is 0 Å². The van der Waals surface area contributed by atoms with E-state index in [1.807, 2.05) is 87.3 Å². The molecule has 14 atom stereocenters. The maximum atomic E-state index is 14.8. The molecule has 13 nitrogen and oxygen atoms in total. The first kappa shape index (κ1) is 53.0. The van der Waals surface area contributed by atoms with Crippen LogP contribution in [0.25, 0.3) is 22.3 Å². The van der Waals surface area contributed by atoms with Gasteiger partial charge in [0, 0.05) is 52.6 Å². The Morgan fingerprint density at radius 3 is 2.18 bits per heavy atom. The number of carbonyl (C=O) groups excluding carboxylic acids is 2. The number of benzene rings is 2. The van der Waals surface area contributed by atoms with Crippen LogP contribution in [0.15, 0.2) is 54.6 Å². The van der Waals surface area contributed by atoms with Crippen molar-refractivity contribution in [2.45, 2.75) is 174 Å². The molecule has 0 bridgehead atoms. The lowest BCUT2D eigenvalue weighted by Crippen LogP contribution is -2.60. The topological polar surface area (TPSA) is 163 Å². The van der Waals surface area contributed by atoms with Crippen molar-refractivity contribution in [3.05, 3.63) is 71.0 Å². The average Bonchev–Trinajstić information content (AvgIpc) is 3.72. The summed E-state index contributed by atoms with van der Waals surface area (Å²) in [5, 5.41) is 48.4. The predicted octanol–water partition coefficient (Wildman–Crippen LogP) is 7.14. The van der Waals surface area contributed by atoms with Gasteiger partial charge in [0.15, 0.2) is 12.4 Å². The van der Waals surface area contributed by atoms with Crippen LogP contribution in [0.1, 0.15) is 99.9 Å². The van der Waals surface area contributed by atoms with Gasteiger partial charge in [-0.05, 0) is 116 Å². The number of cyclic esters (lactones) is 1. The molecule has 6 rings (SSSR count). The normalized spacial score (nSPS) is 35.7. The fourth-order valence-electron chi connectivity index (χ4n) is 11.2. The Morgan fingerprint density at radius 2 is 1.57 bits per heavy atom. The number of esters is 2. The Morgan fingerprint density at radius 1 is 0.940 bits per heavy atom. The van der Waals surface area contributed by atoms with Crippen molar-refractivity contribution in [2.75, 3.05) is 27.7 Å². The zero-order chi connectivity index (χ0) is 49.5. The molecule has 2 saturated heterocycles. The van der Waals surface area contributed by atoms with Gasteiger partial charge >= 0.3 is 11.9 Å². The fourth-order valence-corrected chi connectivity index (χ4v) is 11.4. The van der Waals surface area contributed by atoms with Crippen molar-refractivity contribution in [1.29, 1.82) is 0 Å². The molecule has 4 N–H and O–H groups in total. The molecule has 0 unspecified atom stereocenters. The standard InChI is InChI=1S/C53H78ClN3O10/c1-14-41-53(10,63)47(60)34(6)56(13)28-30(2)26-52(9,62)48(32(4)45(59)33(5)49(61)65-41)67-50-46(39(55(11)12)24-31(3)64-50)66-42(58)25-38-43(36-20-22-37(54)23-21-36)44(35-18-16-15-17-19-35)40-27-51(7,8)29-57(38)40/h15-23,30-34,39,41,45-48,50,59-60,62-63H,14,24-29H2,1-13H3/t30-,31-,32+,33-,34-,39+,41-,45+,46-,47-,48-,50+,52-,53-/m1/s1. The van der Waals surface area contributed by atoms with Crippen molar-refractivity contribution in [1.82, 2.24) is 14.4 Å². The number of aliphatic hydroxyl groups is 4. The van der Waals surface area contributed by atoms with Crippen molar-refractivity contribution in [3.63, 3.8) is 0 Å². The molecule has 2 fully saturated rings. The van der Waals surface area contributed by atoms with Crippen molar-refractivity contribution >= 4 is 23.5 Å². The summed E-state index contributed by atoms with van der Waals surface area (Å²) in [5.74, 6) is -3.44. The first-order valence-corrected chi connectivity index (χ1v) is 24.6. The number of aliphatic hydroxyl groups excluding tert-OH is 2. The van der Waals surface area contributed by atoms with Crippen LogP contribution < -0.4 is 0 Å². The van der Waals surface area contributed by atoms with E-state index in [0.29, 0.717) is 24.5 Å². The molecule has 0 saturated carbocycles. The van der Waals surface area contributed by atoms with E-state index in [0.717, 1.165) is 40.1 Å². The highest BCUT2D eigenvalue weighted by molar-refractivity contribution is 6.30. The molecule has 0 radical (unpaired) electrons. The SMILES string of the molecule is CC[C@H]1OC(=O)[C@H](C)[C@@H](O)[C@H](C)[C@@H](O[C@@H]2O[C@H](C)C[C@H](N(C)C)[C@H]2OC(=O)Cc2c(-c3ccc(Cl)cc3)c(-c3ccccc3)c3n2CC(C)(C)C3)[C@](C)(O)C[C@@H](C)CN(C)[C@H](C)[C@@H](O)[C@]1(C)O. The van der Waals surface area contributed by atoms with E-state index in [9.17, 15) is 30.0 Å². The number of halogens is 1. The van der Waals surface area contributed by atoms with Gasteiger partial charge in [0.2, 0.25) is 0 Å². The molecule has 0 spiro atoms. The van der Waals surface area contributed by atoms with E-state index >= 15 is 0 Å². The number of nitrogens with zero attached hydrogens (tertiary/aromatic N) is 3. The van der Waals surface area contributed by atoms with Crippen molar-refractivity contribution < 1.29 is 49.0 Å². The maximum Gasteiger partial charge on any atom is 0.312 e. The molecule has 3 aromatic rings. The molecular formula is C53H78ClN3O10. The molecule has 1 aromatic heterocycles. The summed E-state index contributed by atoms with van der Waals surface area (Å²) in [6, 6.07) is 17.1. The number of likely N-dealkylation sites (N-methyl/N-ethyl adjacent to an activating group) is 2. The smallest absolute Gasteiger partial charge is 0.312 e. The van der Waals surface area contributed by atoms with Crippen molar-refractivity contribution in [3.8, 4) is 22.3 Å². The first-order chi connectivity index (χ1) is 31.3. The van der Waals surface area contributed by atoms with E-state index in [1.54, 1.807) is 27.7 Å². The number of ether oxygens (including phenoxy) is 4. The molecule has 0 aliphatic carbocycles. The zero-order valence-corrected chi connectivity index (χ0v) is 42.8. The van der Waals surface area contributed by atoms with Crippen LogP contribution in [-0.2, 0) is 47.9 Å². The van der Waals surface area contributed by atoms with Crippen LogP contribution in [0.5, 0.6) is 0 Å². The van der Waals surface area contributed by atoms with Gasteiger partial charge in [0.1, 0.15) is 17.8 Å². The van der Waals surface area contributed by atoms with Gasteiger partial charge in [-0.3, -0.25) is 9.59 Å². The van der Waals surface area contributed by atoms with Gasteiger partial charge < -0.3 is 53.7 Å². The molecule has 0 amide bonds. The summed E-state index contributed by atoms with van der Waals surface area (Å²) in [6.07, 6.45) is -5.71. The Kier molecular flexibility index (Phi) is 16.5. The minimum Gasteiger partial charge on any atom is -0.459 e. The van der Waals surface area contributed by atoms with Crippen LogP contribution >= 0.6 is 11.6 Å². The molecule has 67 heavy (non-hydrogen) atoms. The lowest BCUT2D eigenvalue weighted by Gasteiger charge is -2.47. The Hall–Kier alpha value is -3.37. The summed E-state index contributed by atoms with van der Waals surface area (Å²) < 4.78 is 28.3. The Labute approximate surface area is 403 Å². The first-order valence-electron chi connectivity index (χ1n) is 24.2. The van der Waals surface area contributed by atoms with Gasteiger partial charge in [0.05, 0.1) is 42.3 Å². The third kappa shape index (κ3) is 11.5. The second kappa shape index (κ2) is 20.9. The Balaban J connectivity index is 1.38. The van der Waals surface area contributed by atoms with E-state index in [1.165, 1.54) is 13.8 Å². The molecular weight excluding hydrogens is 874 g/mol. The number of rotatable bonds is 9. The highest BCUT2D eigenvalue weighted by atomic mass is 35.5. The third-order valence-electron chi connectivity index (χ3n) is 14.9. The molecule has 2 aromatic carbocycles. The van der Waals surface area contributed by atoms with Gasteiger partial charge in [-0.15, -0.1) is 0 Å². The van der Waals surface area contributed by atoms with E-state index in [-0.39, 0.29) is 42.7 Å². The highest BCUT2D eigenvalue weighted by Gasteiger charge is 2.51. The number of hydrogen-bond acceptors (Lipinski definition) is 12. The second-order valence-electron chi connectivity index (χ2n) is 21.7. The minimum absolute atomic E-state index is 0.0491. The molecule has 3 aliphatic heterocycles. The lowest BCUT2D eigenvalue weighted by atomic mass is 9.78. The minimum atomic E-state index is -1.81. The fraction of sp³-hybridized carbons (Fsp3) is 0.660. The summed E-state index contributed by atoms with van der Waals surface area (Å²) in [6.45, 7) is 19.5. The van der Waals surface area contributed by atoms with E-state index in [4.69, 9.17) is 30.5 Å². The molecule has 4 heterocycles. The van der Waals surface area contributed by atoms with E-state index < -0.39 is 77.8 Å². The lowest BCUT2D eigenvalue weighted by molar-refractivity contribution is -0.301. The molecule has 3 aliphatic rings. The summed E-state index contributed by atoms with van der Waals surface area (Å²) in [7, 11) is 5.68. The summed E-state index contributed by atoms with van der Waals surface area (Å²) in [4.78, 5) is 32.6. The number of aromatic nitrogens is 1. The Bertz CT molecular complexity index is 2160. The average molecular weight is 953 g/mol. The van der Waals surface area contributed by atoms with Gasteiger partial charge in [-0.2, -0.15) is 0 Å². The van der Waals surface area contributed by atoms with Crippen LogP contribution in [0.2, 0.25) is 5.02 Å². The van der Waals surface area contributed by atoms with Crippen molar-refractivity contribution in [2.24, 2.45) is 23.2 Å². The number of fused-ring (bicyclic) bond motifs is 1. The molecule has 14 heteroatoms. The predicted molar refractivity (Wildman–Crippen MR) is 260 cm³/mol.